The van der Waals surface area contributed by atoms with Crippen LogP contribution in [0.1, 0.15) is 16.7 Å². The molecular weight excluding hydrogens is 336 g/mol. The molecule has 1 aliphatic heterocycles. The molecule has 112 valence electrons. The number of nitrogens with two attached hydrogens (primary N) is 1. The third-order valence-electron chi connectivity index (χ3n) is 3.49. The van der Waals surface area contributed by atoms with E-state index < -0.39 is 0 Å². The van der Waals surface area contributed by atoms with E-state index in [9.17, 15) is 4.79 Å². The van der Waals surface area contributed by atoms with Crippen LogP contribution in [0.15, 0.2) is 26.2 Å². The number of aryl methyl sites for hydroxylation is 2. The van der Waals surface area contributed by atoms with Crippen LogP contribution in [0.5, 0.6) is 0 Å². The highest BCUT2D eigenvalue weighted by atomic mass is 32.2. The topological polar surface area (TPSA) is 68.3 Å². The van der Waals surface area contributed by atoms with Crippen LogP contribution in [0, 0.1) is 13.8 Å². The molecule has 0 aliphatic carbocycles. The highest BCUT2D eigenvalue weighted by Gasteiger charge is 2.20. The molecule has 22 heavy (non-hydrogen) atoms. The lowest BCUT2D eigenvalue weighted by molar-refractivity contribution is 0.623. The third kappa shape index (κ3) is 2.55. The zero-order valence-electron chi connectivity index (χ0n) is 11.9. The fourth-order valence-electron chi connectivity index (χ4n) is 2.17. The van der Waals surface area contributed by atoms with Crippen molar-refractivity contribution in [1.82, 2.24) is 5.32 Å². The van der Waals surface area contributed by atoms with Crippen LogP contribution in [-0.4, -0.2) is 9.31 Å². The molecule has 1 aliphatic rings. The number of thiocarbonyl (C=S) groups is 2. The summed E-state index contributed by atoms with van der Waals surface area (Å²) in [6.45, 7) is 3.91. The number of hydrogen-bond donors (Lipinski definition) is 2. The van der Waals surface area contributed by atoms with Gasteiger partial charge >= 0.3 is 0 Å². The van der Waals surface area contributed by atoms with Gasteiger partial charge in [0.2, 0.25) is 11.3 Å². The molecule has 1 saturated heterocycles. The van der Waals surface area contributed by atoms with Gasteiger partial charge in [0, 0.05) is 0 Å². The van der Waals surface area contributed by atoms with Crippen LogP contribution in [0.4, 0.5) is 5.88 Å². The van der Waals surface area contributed by atoms with Gasteiger partial charge in [0.05, 0.1) is 15.9 Å². The molecule has 7 heteroatoms. The molecule has 0 radical (unpaired) electrons. The number of nitrogen functional groups attached to an aromatic ring is 1. The van der Waals surface area contributed by atoms with E-state index in [1.54, 1.807) is 6.08 Å². The molecule has 0 amide bonds. The van der Waals surface area contributed by atoms with Crippen molar-refractivity contribution in [3.8, 4) is 0 Å². The molecule has 0 saturated carbocycles. The summed E-state index contributed by atoms with van der Waals surface area (Å²) in [6.07, 6.45) is 1.63. The van der Waals surface area contributed by atoms with Crippen molar-refractivity contribution in [2.24, 2.45) is 0 Å². The van der Waals surface area contributed by atoms with Crippen molar-refractivity contribution < 1.29 is 4.42 Å². The van der Waals surface area contributed by atoms with Gasteiger partial charge in [-0.15, -0.1) is 0 Å². The summed E-state index contributed by atoms with van der Waals surface area (Å²) < 4.78 is 6.17. The van der Waals surface area contributed by atoms with Crippen molar-refractivity contribution in [2.45, 2.75) is 13.8 Å². The molecule has 1 fully saturated rings. The molecule has 0 unspecified atom stereocenters. The average molecular weight is 348 g/mol. The number of anilines is 1. The predicted octanol–water partition coefficient (Wildman–Crippen LogP) is 3.28. The second-order valence-corrected chi connectivity index (χ2v) is 7.12. The molecular formula is C15H12N2O2S3. The zero-order valence-corrected chi connectivity index (χ0v) is 14.3. The summed E-state index contributed by atoms with van der Waals surface area (Å²) >= 11 is 11.5. The van der Waals surface area contributed by atoms with Crippen LogP contribution in [0.25, 0.3) is 17.0 Å². The standard InChI is InChI=1S/C15H12N2O2S3/c1-6-3-8-10(4-7(6)2)19-13(16)9(12(8)18)5-11-14(20)17-15(21)22-11/h3-5H,16H2,1-2H3,(H,17,20,21)/b11-5+. The van der Waals surface area contributed by atoms with Gasteiger partial charge in [0.15, 0.2) is 0 Å². The van der Waals surface area contributed by atoms with Crippen molar-refractivity contribution in [3.05, 3.63) is 44.0 Å². The quantitative estimate of drug-likeness (QED) is 0.605. The lowest BCUT2D eigenvalue weighted by atomic mass is 10.1. The molecule has 2 aromatic rings. The minimum atomic E-state index is -0.171. The predicted molar refractivity (Wildman–Crippen MR) is 100 cm³/mol. The van der Waals surface area contributed by atoms with Crippen molar-refractivity contribution in [1.29, 1.82) is 0 Å². The Labute approximate surface area is 141 Å². The lowest BCUT2D eigenvalue weighted by Crippen LogP contribution is -2.16. The molecule has 1 aromatic heterocycles. The molecule has 4 nitrogen and oxygen atoms in total. The Balaban J connectivity index is 2.25. The van der Waals surface area contributed by atoms with Crippen molar-refractivity contribution >= 4 is 68.4 Å². The Bertz CT molecular complexity index is 929. The van der Waals surface area contributed by atoms with Crippen molar-refractivity contribution in [2.75, 3.05) is 5.73 Å². The smallest absolute Gasteiger partial charge is 0.202 e. The highest BCUT2D eigenvalue weighted by molar-refractivity contribution is 8.27. The summed E-state index contributed by atoms with van der Waals surface area (Å²) in [7, 11) is 0. The van der Waals surface area contributed by atoms with E-state index in [1.807, 2.05) is 26.0 Å². The fraction of sp³-hybridized carbons (Fsp3) is 0.133. The summed E-state index contributed by atoms with van der Waals surface area (Å²) in [4.78, 5) is 13.9. The minimum Gasteiger partial charge on any atom is -0.440 e. The second kappa shape index (κ2) is 5.49. The molecule has 1 aromatic carbocycles. The van der Waals surface area contributed by atoms with E-state index in [1.165, 1.54) is 11.8 Å². The monoisotopic (exact) mass is 348 g/mol. The summed E-state index contributed by atoms with van der Waals surface area (Å²) in [5.41, 5.74) is 8.60. The molecule has 0 atom stereocenters. The third-order valence-corrected chi connectivity index (χ3v) is 5.12. The van der Waals surface area contributed by atoms with Gasteiger partial charge in [-0.25, -0.2) is 0 Å². The highest BCUT2D eigenvalue weighted by Crippen LogP contribution is 2.29. The first-order valence-electron chi connectivity index (χ1n) is 6.45. The number of rotatable bonds is 1. The average Bonchev–Trinajstić information content (AvgIpc) is 2.75. The van der Waals surface area contributed by atoms with E-state index in [4.69, 9.17) is 34.6 Å². The SMILES string of the molecule is Cc1cc2oc(N)c(/C=C3/SC(=S)NC3=S)c(=O)c2cc1C. The van der Waals surface area contributed by atoms with Crippen LogP contribution in [-0.2, 0) is 0 Å². The summed E-state index contributed by atoms with van der Waals surface area (Å²) in [6, 6.07) is 3.64. The largest absolute Gasteiger partial charge is 0.440 e. The van der Waals surface area contributed by atoms with Crippen LogP contribution < -0.4 is 16.5 Å². The van der Waals surface area contributed by atoms with Gasteiger partial charge in [-0.1, -0.05) is 36.2 Å². The normalized spacial score (nSPS) is 16.5. The maximum atomic E-state index is 12.7. The van der Waals surface area contributed by atoms with Gasteiger partial charge in [-0.3, -0.25) is 4.79 Å². The van der Waals surface area contributed by atoms with E-state index in [0.717, 1.165) is 11.1 Å². The van der Waals surface area contributed by atoms with E-state index in [2.05, 4.69) is 5.32 Å². The van der Waals surface area contributed by atoms with Crippen LogP contribution in [0.2, 0.25) is 0 Å². The Morgan fingerprint density at radius 3 is 2.59 bits per heavy atom. The Morgan fingerprint density at radius 1 is 1.27 bits per heavy atom. The lowest BCUT2D eigenvalue weighted by Gasteiger charge is -2.06. The first kappa shape index (κ1) is 15.2. The van der Waals surface area contributed by atoms with Gasteiger partial charge in [-0.2, -0.15) is 0 Å². The van der Waals surface area contributed by atoms with Crippen LogP contribution in [0.3, 0.4) is 0 Å². The summed E-state index contributed by atoms with van der Waals surface area (Å²) in [5.74, 6) is 0.0782. The summed E-state index contributed by atoms with van der Waals surface area (Å²) in [5, 5.41) is 3.37. The minimum absolute atomic E-state index is 0.0782. The van der Waals surface area contributed by atoms with E-state index >= 15 is 0 Å². The Hall–Kier alpha value is -1.70. The van der Waals surface area contributed by atoms with Gasteiger partial charge in [0.25, 0.3) is 0 Å². The maximum absolute atomic E-state index is 12.7. The van der Waals surface area contributed by atoms with Gasteiger partial charge in [0.1, 0.15) is 14.9 Å². The fourth-order valence-corrected chi connectivity index (χ4v) is 3.63. The number of nitrogens with one attached hydrogen (secondary N) is 1. The first-order valence-corrected chi connectivity index (χ1v) is 8.08. The maximum Gasteiger partial charge on any atom is 0.202 e. The first-order chi connectivity index (χ1) is 10.4. The second-order valence-electron chi connectivity index (χ2n) is 4.99. The zero-order chi connectivity index (χ0) is 16.0. The van der Waals surface area contributed by atoms with E-state index in [-0.39, 0.29) is 11.3 Å². The number of hydrogen-bond acceptors (Lipinski definition) is 6. The number of benzene rings is 1. The van der Waals surface area contributed by atoms with Crippen LogP contribution >= 0.6 is 36.2 Å². The Kier molecular flexibility index (Phi) is 3.80. The molecule has 2 heterocycles. The number of fused-ring (bicyclic) bond motifs is 1. The van der Waals surface area contributed by atoms with Gasteiger partial charge in [-0.05, 0) is 43.2 Å². The Morgan fingerprint density at radius 2 is 1.95 bits per heavy atom. The number of thioether (sulfide) groups is 1. The molecule has 0 spiro atoms. The molecule has 3 rings (SSSR count). The molecule has 0 bridgehead atoms. The molecule has 3 N–H and O–H groups in total. The van der Waals surface area contributed by atoms with Gasteiger partial charge < -0.3 is 15.5 Å². The van der Waals surface area contributed by atoms with E-state index in [0.29, 0.717) is 30.7 Å². The van der Waals surface area contributed by atoms with Crippen molar-refractivity contribution in [3.63, 3.8) is 0 Å².